The van der Waals surface area contributed by atoms with Crippen molar-refractivity contribution in [3.63, 3.8) is 0 Å². The lowest BCUT2D eigenvalue weighted by atomic mass is 9.61. The maximum absolute atomic E-state index is 8.99. The summed E-state index contributed by atoms with van der Waals surface area (Å²) < 4.78 is 0. The molecule has 1 aromatic carbocycles. The molecule has 1 fully saturated rings. The summed E-state index contributed by atoms with van der Waals surface area (Å²) in [7, 11) is 0. The molecule has 118 valence electrons. The molecule has 3 rings (SSSR count). The summed E-state index contributed by atoms with van der Waals surface area (Å²) in [5.74, 6) is 0.330. The van der Waals surface area contributed by atoms with Crippen LogP contribution in [0.25, 0.3) is 10.9 Å². The van der Waals surface area contributed by atoms with Crippen LogP contribution in [0.3, 0.4) is 0 Å². The van der Waals surface area contributed by atoms with Gasteiger partial charge in [-0.05, 0) is 42.9 Å². The van der Waals surface area contributed by atoms with Crippen LogP contribution in [0.1, 0.15) is 44.1 Å². The van der Waals surface area contributed by atoms with E-state index in [-0.39, 0.29) is 5.41 Å². The van der Waals surface area contributed by atoms with Crippen LogP contribution in [0.5, 0.6) is 0 Å². The molecular formula is C19H21N3S. The summed E-state index contributed by atoms with van der Waals surface area (Å²) in [6.07, 6.45) is 7.67. The number of hydrogen-bond donors (Lipinski definition) is 1. The molecule has 23 heavy (non-hydrogen) atoms. The molecule has 2 atom stereocenters. The third-order valence-electron chi connectivity index (χ3n) is 5.22. The van der Waals surface area contributed by atoms with Gasteiger partial charge in [0.05, 0.1) is 16.6 Å². The molecule has 0 saturated heterocycles. The van der Waals surface area contributed by atoms with Gasteiger partial charge < -0.3 is 5.73 Å². The standard InChI is InChI=1S/C19H21N3S/c20-11-5-8-15-7-3-4-10-19(15,18(21)23)16-12-14-6-1-2-9-17(14)22-13-16/h1-2,6,9,12-13,15H,3-5,7-8,10H2,(H2,21,23). The van der Waals surface area contributed by atoms with Crippen LogP contribution < -0.4 is 5.73 Å². The van der Waals surface area contributed by atoms with Gasteiger partial charge in [0.1, 0.15) is 0 Å². The Morgan fingerprint density at radius 1 is 1.39 bits per heavy atom. The Morgan fingerprint density at radius 2 is 2.22 bits per heavy atom. The number of para-hydroxylation sites is 1. The fourth-order valence-electron chi connectivity index (χ4n) is 4.04. The molecule has 0 bridgehead atoms. The summed E-state index contributed by atoms with van der Waals surface area (Å²) in [6, 6.07) is 12.6. The Balaban J connectivity index is 2.10. The zero-order valence-corrected chi connectivity index (χ0v) is 14.0. The van der Waals surface area contributed by atoms with Gasteiger partial charge in [-0.25, -0.2) is 0 Å². The number of nitriles is 1. The number of rotatable bonds is 4. The van der Waals surface area contributed by atoms with Crippen molar-refractivity contribution in [2.24, 2.45) is 11.7 Å². The van der Waals surface area contributed by atoms with Crippen molar-refractivity contribution < 1.29 is 0 Å². The molecule has 0 amide bonds. The van der Waals surface area contributed by atoms with Crippen molar-refractivity contribution in [2.75, 3.05) is 0 Å². The van der Waals surface area contributed by atoms with Gasteiger partial charge in [0.25, 0.3) is 0 Å². The van der Waals surface area contributed by atoms with Crippen molar-refractivity contribution in [2.45, 2.75) is 43.9 Å². The summed E-state index contributed by atoms with van der Waals surface area (Å²) in [5.41, 5.74) is 8.05. The normalized spacial score (nSPS) is 24.2. The van der Waals surface area contributed by atoms with Crippen molar-refractivity contribution in [1.82, 2.24) is 4.98 Å². The second-order valence-corrected chi connectivity index (χ2v) is 6.83. The highest BCUT2D eigenvalue weighted by Crippen LogP contribution is 2.46. The number of fused-ring (bicyclic) bond motifs is 1. The molecule has 1 heterocycles. The SMILES string of the molecule is N#CCCC1CCCCC1(C(N)=S)c1cnc2ccccc2c1. The summed E-state index contributed by atoms with van der Waals surface area (Å²) in [5, 5.41) is 10.1. The van der Waals surface area contributed by atoms with Crippen molar-refractivity contribution in [1.29, 1.82) is 5.26 Å². The molecular weight excluding hydrogens is 302 g/mol. The molecule has 0 aliphatic heterocycles. The number of pyridine rings is 1. The fraction of sp³-hybridized carbons (Fsp3) is 0.421. The Kier molecular flexibility index (Phi) is 4.58. The topological polar surface area (TPSA) is 62.7 Å². The highest BCUT2D eigenvalue weighted by atomic mass is 32.1. The lowest BCUT2D eigenvalue weighted by Gasteiger charge is -2.44. The first-order chi connectivity index (χ1) is 11.2. The molecule has 2 unspecified atom stereocenters. The second kappa shape index (κ2) is 6.64. The largest absolute Gasteiger partial charge is 0.393 e. The molecule has 2 aromatic rings. The van der Waals surface area contributed by atoms with Crippen LogP contribution in [0.2, 0.25) is 0 Å². The third kappa shape index (κ3) is 2.82. The quantitative estimate of drug-likeness (QED) is 0.854. The minimum atomic E-state index is -0.318. The van der Waals surface area contributed by atoms with Crippen LogP contribution >= 0.6 is 12.2 Å². The highest BCUT2D eigenvalue weighted by Gasteiger charge is 2.44. The Hall–Kier alpha value is -1.99. The molecule has 0 spiro atoms. The minimum absolute atomic E-state index is 0.318. The monoisotopic (exact) mass is 323 g/mol. The van der Waals surface area contributed by atoms with Crippen LogP contribution in [0.15, 0.2) is 36.5 Å². The number of nitrogens with zero attached hydrogens (tertiary/aromatic N) is 2. The van der Waals surface area contributed by atoms with Gasteiger partial charge >= 0.3 is 0 Å². The zero-order valence-electron chi connectivity index (χ0n) is 13.2. The summed E-state index contributed by atoms with van der Waals surface area (Å²) in [6.45, 7) is 0. The van der Waals surface area contributed by atoms with E-state index in [2.05, 4.69) is 23.2 Å². The van der Waals surface area contributed by atoms with E-state index in [1.54, 1.807) is 0 Å². The lowest BCUT2D eigenvalue weighted by molar-refractivity contribution is 0.242. The van der Waals surface area contributed by atoms with Crippen LogP contribution in [-0.4, -0.2) is 9.97 Å². The van der Waals surface area contributed by atoms with E-state index in [4.69, 9.17) is 23.2 Å². The van der Waals surface area contributed by atoms with Crippen LogP contribution in [-0.2, 0) is 5.41 Å². The summed E-state index contributed by atoms with van der Waals surface area (Å²) >= 11 is 5.53. The molecule has 1 aliphatic carbocycles. The number of hydrogen-bond acceptors (Lipinski definition) is 3. The Bertz CT molecular complexity index is 765. The zero-order chi connectivity index (χ0) is 16.3. The molecule has 1 saturated carbocycles. The smallest absolute Gasteiger partial charge is 0.0838 e. The first kappa shape index (κ1) is 15.9. The average Bonchev–Trinajstić information content (AvgIpc) is 2.59. The fourth-order valence-corrected chi connectivity index (χ4v) is 4.42. The molecule has 4 heteroatoms. The van der Waals surface area contributed by atoms with Gasteiger partial charge in [-0.15, -0.1) is 0 Å². The van der Waals surface area contributed by atoms with Crippen molar-refractivity contribution >= 4 is 28.1 Å². The van der Waals surface area contributed by atoms with E-state index in [1.165, 1.54) is 6.42 Å². The number of thiocarbonyl (C=S) groups is 1. The number of nitrogens with two attached hydrogens (primary N) is 1. The maximum Gasteiger partial charge on any atom is 0.0838 e. The summed E-state index contributed by atoms with van der Waals surface area (Å²) in [4.78, 5) is 5.17. The van der Waals surface area contributed by atoms with Gasteiger partial charge in [0.2, 0.25) is 0 Å². The minimum Gasteiger partial charge on any atom is -0.393 e. The Labute approximate surface area is 142 Å². The van der Waals surface area contributed by atoms with E-state index < -0.39 is 0 Å². The second-order valence-electron chi connectivity index (χ2n) is 6.39. The number of aromatic nitrogens is 1. The van der Waals surface area contributed by atoms with E-state index in [0.717, 1.165) is 42.1 Å². The van der Waals surface area contributed by atoms with Crippen molar-refractivity contribution in [3.05, 3.63) is 42.1 Å². The molecule has 0 radical (unpaired) electrons. The van der Waals surface area contributed by atoms with Gasteiger partial charge in [0, 0.05) is 23.4 Å². The lowest BCUT2D eigenvalue weighted by Crippen LogP contribution is -2.48. The predicted molar refractivity (Wildman–Crippen MR) is 97.0 cm³/mol. The molecule has 1 aromatic heterocycles. The highest BCUT2D eigenvalue weighted by molar-refractivity contribution is 7.80. The molecule has 1 aliphatic rings. The average molecular weight is 323 g/mol. The van der Waals surface area contributed by atoms with Crippen LogP contribution in [0.4, 0.5) is 0 Å². The van der Waals surface area contributed by atoms with Gasteiger partial charge in [-0.2, -0.15) is 5.26 Å². The predicted octanol–water partition coefficient (Wildman–Crippen LogP) is 4.25. The van der Waals surface area contributed by atoms with Gasteiger partial charge in [-0.1, -0.05) is 43.3 Å². The Morgan fingerprint density at radius 3 is 3.00 bits per heavy atom. The molecule has 3 nitrogen and oxygen atoms in total. The van der Waals surface area contributed by atoms with Crippen molar-refractivity contribution in [3.8, 4) is 6.07 Å². The van der Waals surface area contributed by atoms with E-state index >= 15 is 0 Å². The van der Waals surface area contributed by atoms with Gasteiger partial charge in [-0.3, -0.25) is 4.98 Å². The third-order valence-corrected chi connectivity index (χ3v) is 5.58. The maximum atomic E-state index is 8.99. The van der Waals surface area contributed by atoms with E-state index in [9.17, 15) is 0 Å². The van der Waals surface area contributed by atoms with Crippen LogP contribution in [0, 0.1) is 17.2 Å². The number of benzene rings is 1. The van der Waals surface area contributed by atoms with Gasteiger partial charge in [0.15, 0.2) is 0 Å². The first-order valence-corrected chi connectivity index (χ1v) is 8.61. The van der Waals surface area contributed by atoms with E-state index in [1.807, 2.05) is 24.4 Å². The first-order valence-electron chi connectivity index (χ1n) is 8.20. The van der Waals surface area contributed by atoms with E-state index in [0.29, 0.717) is 17.3 Å². The molecule has 2 N–H and O–H groups in total.